The lowest BCUT2D eigenvalue weighted by Gasteiger charge is -2.31. The minimum atomic E-state index is -0.435. The van der Waals surface area contributed by atoms with Gasteiger partial charge in [0.1, 0.15) is 5.69 Å². The van der Waals surface area contributed by atoms with E-state index in [2.05, 4.69) is 10.3 Å². The molecule has 1 heterocycles. The standard InChI is InChI=1S/C14H22N4O3/c1-21-10-11-4-6-17(7-5-11)9-12-2-3-14(18(19)20)13(8-12)16-15/h2-3,8,11,16H,4-7,9-10,15H2,1H3. The number of nitrogens with one attached hydrogen (secondary N) is 1. The van der Waals surface area contributed by atoms with Crippen LogP contribution in [0.3, 0.4) is 0 Å². The Morgan fingerprint density at radius 3 is 2.76 bits per heavy atom. The molecule has 21 heavy (non-hydrogen) atoms. The number of nitro benzene ring substituents is 1. The molecule has 0 bridgehead atoms. The van der Waals surface area contributed by atoms with E-state index in [9.17, 15) is 10.1 Å². The summed E-state index contributed by atoms with van der Waals surface area (Å²) in [5.74, 6) is 6.00. The molecule has 0 aromatic heterocycles. The van der Waals surface area contributed by atoms with Crippen LogP contribution < -0.4 is 11.3 Å². The van der Waals surface area contributed by atoms with E-state index >= 15 is 0 Å². The molecule has 1 aromatic carbocycles. The first-order chi connectivity index (χ1) is 10.1. The van der Waals surface area contributed by atoms with Gasteiger partial charge in [0.15, 0.2) is 0 Å². The number of methoxy groups -OCH3 is 1. The van der Waals surface area contributed by atoms with Gasteiger partial charge in [0.25, 0.3) is 5.69 Å². The van der Waals surface area contributed by atoms with Crippen LogP contribution in [0.5, 0.6) is 0 Å². The van der Waals surface area contributed by atoms with Crippen molar-refractivity contribution in [2.24, 2.45) is 11.8 Å². The molecule has 1 fully saturated rings. The Bertz CT molecular complexity index is 487. The van der Waals surface area contributed by atoms with Crippen LogP contribution in [0.4, 0.5) is 11.4 Å². The van der Waals surface area contributed by atoms with E-state index in [0.717, 1.165) is 44.6 Å². The van der Waals surface area contributed by atoms with E-state index in [1.165, 1.54) is 6.07 Å². The zero-order chi connectivity index (χ0) is 15.2. The summed E-state index contributed by atoms with van der Waals surface area (Å²) in [6.07, 6.45) is 2.26. The highest BCUT2D eigenvalue weighted by Crippen LogP contribution is 2.26. The number of hydrazine groups is 1. The van der Waals surface area contributed by atoms with Crippen molar-refractivity contribution in [1.82, 2.24) is 4.90 Å². The van der Waals surface area contributed by atoms with E-state index in [-0.39, 0.29) is 5.69 Å². The fourth-order valence-corrected chi connectivity index (χ4v) is 2.76. The lowest BCUT2D eigenvalue weighted by Crippen LogP contribution is -2.34. The first-order valence-electron chi connectivity index (χ1n) is 7.09. The highest BCUT2D eigenvalue weighted by Gasteiger charge is 2.20. The minimum absolute atomic E-state index is 0.0000488. The van der Waals surface area contributed by atoms with Crippen molar-refractivity contribution in [3.8, 4) is 0 Å². The van der Waals surface area contributed by atoms with Crippen LogP contribution >= 0.6 is 0 Å². The minimum Gasteiger partial charge on any atom is -0.384 e. The molecular weight excluding hydrogens is 272 g/mol. The predicted molar refractivity (Wildman–Crippen MR) is 80.8 cm³/mol. The van der Waals surface area contributed by atoms with Gasteiger partial charge in [0.05, 0.1) is 4.92 Å². The van der Waals surface area contributed by atoms with E-state index in [0.29, 0.717) is 11.6 Å². The van der Waals surface area contributed by atoms with Gasteiger partial charge in [-0.3, -0.25) is 20.9 Å². The van der Waals surface area contributed by atoms with Crippen LogP contribution in [0, 0.1) is 16.0 Å². The SMILES string of the molecule is COCC1CCN(Cc2ccc([N+](=O)[O-])c(NN)c2)CC1. The molecule has 1 aliphatic rings. The van der Waals surface area contributed by atoms with Gasteiger partial charge < -0.3 is 10.2 Å². The Kier molecular flexibility index (Phi) is 5.49. The van der Waals surface area contributed by atoms with Crippen molar-refractivity contribution in [2.45, 2.75) is 19.4 Å². The highest BCUT2D eigenvalue weighted by atomic mass is 16.6. The maximum atomic E-state index is 10.9. The maximum Gasteiger partial charge on any atom is 0.293 e. The molecule has 1 saturated heterocycles. The first kappa shape index (κ1) is 15.7. The number of rotatable bonds is 6. The second-order valence-electron chi connectivity index (χ2n) is 5.43. The number of piperidine rings is 1. The van der Waals surface area contributed by atoms with E-state index in [1.807, 2.05) is 0 Å². The zero-order valence-corrected chi connectivity index (χ0v) is 12.2. The third kappa shape index (κ3) is 4.13. The largest absolute Gasteiger partial charge is 0.384 e. The van der Waals surface area contributed by atoms with Gasteiger partial charge in [0, 0.05) is 26.3 Å². The Morgan fingerprint density at radius 2 is 2.19 bits per heavy atom. The van der Waals surface area contributed by atoms with Gasteiger partial charge in [-0.1, -0.05) is 6.07 Å². The van der Waals surface area contributed by atoms with Gasteiger partial charge in [-0.15, -0.1) is 0 Å². The van der Waals surface area contributed by atoms with Crippen molar-refractivity contribution in [3.63, 3.8) is 0 Å². The normalized spacial score (nSPS) is 16.9. The van der Waals surface area contributed by atoms with Gasteiger partial charge >= 0.3 is 0 Å². The van der Waals surface area contributed by atoms with Crippen molar-refractivity contribution >= 4 is 11.4 Å². The molecule has 7 nitrogen and oxygen atoms in total. The number of nitrogens with two attached hydrogens (primary N) is 1. The second kappa shape index (κ2) is 7.35. The summed E-state index contributed by atoms with van der Waals surface area (Å²) in [5, 5.41) is 10.9. The number of ether oxygens (including phenoxy) is 1. The van der Waals surface area contributed by atoms with E-state index in [4.69, 9.17) is 10.6 Å². The summed E-state index contributed by atoms with van der Waals surface area (Å²) < 4.78 is 5.20. The van der Waals surface area contributed by atoms with E-state index in [1.54, 1.807) is 19.2 Å². The van der Waals surface area contributed by atoms with Gasteiger partial charge in [-0.05, 0) is 43.5 Å². The third-order valence-corrected chi connectivity index (χ3v) is 3.93. The summed E-state index contributed by atoms with van der Waals surface area (Å²) in [5.41, 5.74) is 3.78. The van der Waals surface area contributed by atoms with Gasteiger partial charge in [0.2, 0.25) is 0 Å². The Balaban J connectivity index is 1.96. The molecular formula is C14H22N4O3. The second-order valence-corrected chi connectivity index (χ2v) is 5.43. The zero-order valence-electron chi connectivity index (χ0n) is 12.2. The molecule has 1 aliphatic heterocycles. The monoisotopic (exact) mass is 294 g/mol. The number of nitrogen functional groups attached to an aromatic ring is 1. The Hall–Kier alpha value is -1.70. The molecule has 0 amide bonds. The number of hydrogen-bond acceptors (Lipinski definition) is 6. The van der Waals surface area contributed by atoms with Gasteiger partial charge in [-0.2, -0.15) is 0 Å². The van der Waals surface area contributed by atoms with Crippen LogP contribution in [-0.2, 0) is 11.3 Å². The van der Waals surface area contributed by atoms with Gasteiger partial charge in [-0.25, -0.2) is 0 Å². The Morgan fingerprint density at radius 1 is 1.48 bits per heavy atom. The lowest BCUT2D eigenvalue weighted by atomic mass is 9.97. The molecule has 0 saturated carbocycles. The fourth-order valence-electron chi connectivity index (χ4n) is 2.76. The number of likely N-dealkylation sites (tertiary alicyclic amines) is 1. The van der Waals surface area contributed by atoms with Crippen molar-refractivity contribution in [1.29, 1.82) is 0 Å². The number of hydrogen-bond donors (Lipinski definition) is 2. The molecule has 3 N–H and O–H groups in total. The summed E-state index contributed by atoms with van der Waals surface area (Å²) in [6, 6.07) is 5.04. The van der Waals surface area contributed by atoms with Crippen LogP contribution in [0.1, 0.15) is 18.4 Å². The highest BCUT2D eigenvalue weighted by molar-refractivity contribution is 5.62. The molecule has 0 radical (unpaired) electrons. The van der Waals surface area contributed by atoms with Crippen molar-refractivity contribution in [3.05, 3.63) is 33.9 Å². The van der Waals surface area contributed by atoms with Crippen molar-refractivity contribution in [2.75, 3.05) is 32.2 Å². The number of benzene rings is 1. The molecule has 7 heteroatoms. The molecule has 0 aliphatic carbocycles. The molecule has 0 spiro atoms. The summed E-state index contributed by atoms with van der Waals surface area (Å²) in [6.45, 7) is 3.66. The third-order valence-electron chi connectivity index (χ3n) is 3.93. The van der Waals surface area contributed by atoms with Crippen LogP contribution in [0.15, 0.2) is 18.2 Å². The average Bonchev–Trinajstić information content (AvgIpc) is 2.49. The topological polar surface area (TPSA) is 93.7 Å². The van der Waals surface area contributed by atoms with Crippen LogP contribution in [0.25, 0.3) is 0 Å². The quantitative estimate of drug-likeness (QED) is 0.471. The first-order valence-corrected chi connectivity index (χ1v) is 7.09. The summed E-state index contributed by atoms with van der Waals surface area (Å²) in [7, 11) is 1.74. The summed E-state index contributed by atoms with van der Waals surface area (Å²) in [4.78, 5) is 12.8. The lowest BCUT2D eigenvalue weighted by molar-refractivity contribution is -0.384. The van der Waals surface area contributed by atoms with Crippen molar-refractivity contribution < 1.29 is 9.66 Å². The molecule has 2 rings (SSSR count). The maximum absolute atomic E-state index is 10.9. The van der Waals surface area contributed by atoms with Crippen LogP contribution in [0.2, 0.25) is 0 Å². The van der Waals surface area contributed by atoms with E-state index < -0.39 is 4.92 Å². The number of nitro groups is 1. The number of anilines is 1. The molecule has 0 unspecified atom stereocenters. The average molecular weight is 294 g/mol. The molecule has 0 atom stereocenters. The van der Waals surface area contributed by atoms with Crippen LogP contribution in [-0.4, -0.2) is 36.6 Å². The molecule has 116 valence electrons. The Labute approximate surface area is 124 Å². The number of nitrogens with zero attached hydrogens (tertiary/aromatic N) is 2. The summed E-state index contributed by atoms with van der Waals surface area (Å²) >= 11 is 0. The molecule has 1 aromatic rings. The smallest absolute Gasteiger partial charge is 0.293 e. The fraction of sp³-hybridized carbons (Fsp3) is 0.571. The predicted octanol–water partition coefficient (Wildman–Crippen LogP) is 1.74.